The molecule has 1 aromatic rings. The summed E-state index contributed by atoms with van der Waals surface area (Å²) in [6.45, 7) is 0.0982. The minimum Gasteiger partial charge on any atom is -0.350 e. The van der Waals surface area contributed by atoms with Gasteiger partial charge in [0.25, 0.3) is 0 Å². The molecule has 0 atom stereocenters. The molecule has 0 unspecified atom stereocenters. The van der Waals surface area contributed by atoms with Gasteiger partial charge in [0.05, 0.1) is 6.54 Å². The third-order valence-corrected chi connectivity index (χ3v) is 1.78. The van der Waals surface area contributed by atoms with Crippen LogP contribution >= 0.6 is 0 Å². The van der Waals surface area contributed by atoms with Crippen LogP contribution in [0.25, 0.3) is 0 Å². The average Bonchev–Trinajstić information content (AvgIpc) is 2.16. The molecular weight excluding hydrogens is 187 g/mol. The summed E-state index contributed by atoms with van der Waals surface area (Å²) >= 11 is 0. The summed E-state index contributed by atoms with van der Waals surface area (Å²) < 4.78 is 12.5. The van der Waals surface area contributed by atoms with E-state index in [0.717, 1.165) is 5.56 Å². The van der Waals surface area contributed by atoms with Gasteiger partial charge < -0.3 is 5.73 Å². The van der Waals surface area contributed by atoms with Crippen LogP contribution in [-0.2, 0) is 6.42 Å². The highest BCUT2D eigenvalue weighted by Gasteiger charge is 2.04. The minimum absolute atomic E-state index is 0.0982. The number of rotatable bonds is 3. The SMILES string of the molecule is NC(=O)N(O)CCc1ccc(F)cc1. The first-order valence-corrected chi connectivity index (χ1v) is 4.10. The van der Waals surface area contributed by atoms with Crippen LogP contribution in [0.5, 0.6) is 0 Å². The summed E-state index contributed by atoms with van der Waals surface area (Å²) in [5, 5.41) is 9.35. The molecule has 3 N–H and O–H groups in total. The Kier molecular flexibility index (Phi) is 3.41. The number of nitrogens with two attached hydrogens (primary N) is 1. The normalized spacial score (nSPS) is 9.86. The Balaban J connectivity index is 2.46. The minimum atomic E-state index is -0.896. The smallest absolute Gasteiger partial charge is 0.338 e. The zero-order chi connectivity index (χ0) is 10.6. The molecule has 0 aromatic heterocycles. The summed E-state index contributed by atoms with van der Waals surface area (Å²) in [7, 11) is 0. The summed E-state index contributed by atoms with van der Waals surface area (Å²) in [5.74, 6) is -0.315. The fraction of sp³-hybridized carbons (Fsp3) is 0.222. The zero-order valence-electron chi connectivity index (χ0n) is 7.48. The fourth-order valence-corrected chi connectivity index (χ4v) is 0.996. The van der Waals surface area contributed by atoms with Crippen LogP contribution in [0.1, 0.15) is 5.56 Å². The number of benzene rings is 1. The molecule has 5 heteroatoms. The van der Waals surface area contributed by atoms with E-state index in [1.807, 2.05) is 0 Å². The van der Waals surface area contributed by atoms with E-state index in [-0.39, 0.29) is 12.4 Å². The van der Waals surface area contributed by atoms with E-state index in [9.17, 15) is 9.18 Å². The maximum Gasteiger partial charge on any atom is 0.338 e. The van der Waals surface area contributed by atoms with Crippen molar-refractivity contribution in [2.75, 3.05) is 6.54 Å². The average molecular weight is 198 g/mol. The van der Waals surface area contributed by atoms with E-state index in [0.29, 0.717) is 11.5 Å². The van der Waals surface area contributed by atoms with Crippen molar-refractivity contribution in [1.82, 2.24) is 5.06 Å². The monoisotopic (exact) mass is 198 g/mol. The highest BCUT2D eigenvalue weighted by molar-refractivity contribution is 5.70. The summed E-state index contributed by atoms with van der Waals surface area (Å²) in [4.78, 5) is 10.4. The lowest BCUT2D eigenvalue weighted by atomic mass is 10.1. The third-order valence-electron chi connectivity index (χ3n) is 1.78. The first kappa shape index (κ1) is 10.5. The Morgan fingerprint density at radius 2 is 2.00 bits per heavy atom. The largest absolute Gasteiger partial charge is 0.350 e. The number of urea groups is 1. The van der Waals surface area contributed by atoms with Gasteiger partial charge in [-0.2, -0.15) is 0 Å². The van der Waals surface area contributed by atoms with Crippen LogP contribution in [0.3, 0.4) is 0 Å². The van der Waals surface area contributed by atoms with E-state index in [4.69, 9.17) is 10.9 Å². The van der Waals surface area contributed by atoms with E-state index in [2.05, 4.69) is 0 Å². The molecule has 1 rings (SSSR count). The highest BCUT2D eigenvalue weighted by Crippen LogP contribution is 2.03. The molecule has 0 saturated carbocycles. The first-order valence-electron chi connectivity index (χ1n) is 4.10. The van der Waals surface area contributed by atoms with Crippen LogP contribution in [0.4, 0.5) is 9.18 Å². The lowest BCUT2D eigenvalue weighted by molar-refractivity contribution is -0.0382. The van der Waals surface area contributed by atoms with Crippen LogP contribution in [-0.4, -0.2) is 22.8 Å². The fourth-order valence-electron chi connectivity index (χ4n) is 0.996. The number of hydrogen-bond donors (Lipinski definition) is 2. The Hall–Kier alpha value is -1.62. The number of primary amides is 1. The van der Waals surface area contributed by atoms with Gasteiger partial charge >= 0.3 is 6.03 Å². The van der Waals surface area contributed by atoms with Crippen LogP contribution in [0.15, 0.2) is 24.3 Å². The van der Waals surface area contributed by atoms with Crippen LogP contribution in [0, 0.1) is 5.82 Å². The number of carbonyl (C=O) groups is 1. The molecule has 14 heavy (non-hydrogen) atoms. The molecule has 0 aliphatic heterocycles. The number of halogens is 1. The molecule has 4 nitrogen and oxygen atoms in total. The zero-order valence-corrected chi connectivity index (χ0v) is 7.48. The number of hydrogen-bond acceptors (Lipinski definition) is 2. The quantitative estimate of drug-likeness (QED) is 0.565. The van der Waals surface area contributed by atoms with Gasteiger partial charge in [-0.1, -0.05) is 12.1 Å². The molecule has 1 aromatic carbocycles. The molecule has 0 fully saturated rings. The molecule has 0 bridgehead atoms. The van der Waals surface area contributed by atoms with E-state index < -0.39 is 6.03 Å². The maximum absolute atomic E-state index is 12.5. The number of carbonyl (C=O) groups excluding carboxylic acids is 1. The van der Waals surface area contributed by atoms with Gasteiger partial charge in [-0.05, 0) is 24.1 Å². The van der Waals surface area contributed by atoms with Crippen molar-refractivity contribution in [3.8, 4) is 0 Å². The molecule has 0 aliphatic rings. The van der Waals surface area contributed by atoms with Crippen molar-refractivity contribution in [1.29, 1.82) is 0 Å². The van der Waals surface area contributed by atoms with Gasteiger partial charge in [0, 0.05) is 0 Å². The lowest BCUT2D eigenvalue weighted by Gasteiger charge is -2.11. The standard InChI is InChI=1S/C9H11FN2O2/c10-8-3-1-7(2-4-8)5-6-12(14)9(11)13/h1-4,14H,5-6H2,(H2,11,13). The topological polar surface area (TPSA) is 66.6 Å². The highest BCUT2D eigenvalue weighted by atomic mass is 19.1. The van der Waals surface area contributed by atoms with Crippen molar-refractivity contribution in [2.45, 2.75) is 6.42 Å². The van der Waals surface area contributed by atoms with Crippen molar-refractivity contribution >= 4 is 6.03 Å². The molecule has 0 radical (unpaired) electrons. The molecule has 0 saturated heterocycles. The number of amides is 2. The number of hydroxylamine groups is 2. The van der Waals surface area contributed by atoms with E-state index >= 15 is 0 Å². The molecule has 76 valence electrons. The Morgan fingerprint density at radius 1 is 1.43 bits per heavy atom. The van der Waals surface area contributed by atoms with Gasteiger partial charge in [-0.25, -0.2) is 14.2 Å². The predicted octanol–water partition coefficient (Wildman–Crippen LogP) is 1.14. The second-order valence-electron chi connectivity index (χ2n) is 2.84. The maximum atomic E-state index is 12.5. The van der Waals surface area contributed by atoms with Gasteiger partial charge in [-0.3, -0.25) is 5.21 Å². The van der Waals surface area contributed by atoms with E-state index in [1.165, 1.54) is 12.1 Å². The summed E-state index contributed by atoms with van der Waals surface area (Å²) in [6.07, 6.45) is 0.430. The third kappa shape index (κ3) is 3.02. The number of nitrogens with zero attached hydrogens (tertiary/aromatic N) is 1. The molecule has 2 amide bonds. The molecule has 0 aliphatic carbocycles. The molecule has 0 heterocycles. The van der Waals surface area contributed by atoms with Crippen molar-refractivity contribution in [2.24, 2.45) is 5.73 Å². The predicted molar refractivity (Wildman–Crippen MR) is 48.2 cm³/mol. The van der Waals surface area contributed by atoms with Gasteiger partial charge in [0.1, 0.15) is 5.82 Å². The van der Waals surface area contributed by atoms with Crippen molar-refractivity contribution in [3.05, 3.63) is 35.6 Å². The van der Waals surface area contributed by atoms with Crippen LogP contribution < -0.4 is 5.73 Å². The first-order chi connectivity index (χ1) is 6.59. The molecule has 0 spiro atoms. The Morgan fingerprint density at radius 3 is 2.50 bits per heavy atom. The van der Waals surface area contributed by atoms with Crippen molar-refractivity contribution < 1.29 is 14.4 Å². The van der Waals surface area contributed by atoms with Gasteiger partial charge in [-0.15, -0.1) is 0 Å². The Labute approximate surface area is 80.7 Å². The molecular formula is C9H11FN2O2. The lowest BCUT2D eigenvalue weighted by Crippen LogP contribution is -2.34. The van der Waals surface area contributed by atoms with Crippen molar-refractivity contribution in [3.63, 3.8) is 0 Å². The van der Waals surface area contributed by atoms with Crippen LogP contribution in [0.2, 0.25) is 0 Å². The summed E-state index contributed by atoms with van der Waals surface area (Å²) in [6, 6.07) is 4.92. The second-order valence-corrected chi connectivity index (χ2v) is 2.84. The van der Waals surface area contributed by atoms with E-state index in [1.54, 1.807) is 12.1 Å². The van der Waals surface area contributed by atoms with Gasteiger partial charge in [0.15, 0.2) is 0 Å². The van der Waals surface area contributed by atoms with Gasteiger partial charge in [0.2, 0.25) is 0 Å². The summed E-state index contributed by atoms with van der Waals surface area (Å²) in [5.41, 5.74) is 5.63. The second kappa shape index (κ2) is 4.57. The Bertz CT molecular complexity index is 313.